The predicted molar refractivity (Wildman–Crippen MR) is 120 cm³/mol. The van der Waals surface area contributed by atoms with Crippen molar-refractivity contribution in [1.82, 2.24) is 4.90 Å². The number of aliphatic hydroxyl groups excluding tert-OH is 1. The average Bonchev–Trinajstić information content (AvgIpc) is 3.30. The van der Waals surface area contributed by atoms with Gasteiger partial charge in [-0.05, 0) is 36.8 Å². The van der Waals surface area contributed by atoms with Crippen molar-refractivity contribution in [1.29, 1.82) is 0 Å². The van der Waals surface area contributed by atoms with Gasteiger partial charge in [-0.25, -0.2) is 0 Å². The average molecular weight is 426 g/mol. The van der Waals surface area contributed by atoms with Gasteiger partial charge in [0.05, 0.1) is 26.5 Å². The third-order valence-corrected chi connectivity index (χ3v) is 4.76. The third kappa shape index (κ3) is 7.05. The zero-order valence-corrected chi connectivity index (χ0v) is 18.2. The fraction of sp³-hybridized carbons (Fsp3) is 0.360. The monoisotopic (exact) mass is 425 g/mol. The fourth-order valence-electron chi connectivity index (χ4n) is 3.31. The molecule has 1 heterocycles. The smallest absolute Gasteiger partial charge is 0.161 e. The maximum absolute atomic E-state index is 10.7. The molecule has 2 aromatic carbocycles. The van der Waals surface area contributed by atoms with Gasteiger partial charge in [-0.15, -0.1) is 0 Å². The molecular weight excluding hydrogens is 394 g/mol. The first-order valence-electron chi connectivity index (χ1n) is 10.6. The summed E-state index contributed by atoms with van der Waals surface area (Å²) in [6.45, 7) is 4.52. The molecule has 1 unspecified atom stereocenters. The van der Waals surface area contributed by atoms with Crippen molar-refractivity contribution in [3.63, 3.8) is 0 Å². The second-order valence-electron chi connectivity index (χ2n) is 7.32. The Morgan fingerprint density at radius 1 is 0.903 bits per heavy atom. The summed E-state index contributed by atoms with van der Waals surface area (Å²) in [5.41, 5.74) is 1.07. The maximum atomic E-state index is 10.7. The van der Waals surface area contributed by atoms with E-state index in [0.29, 0.717) is 37.7 Å². The van der Waals surface area contributed by atoms with E-state index in [0.717, 1.165) is 23.5 Å². The van der Waals surface area contributed by atoms with Gasteiger partial charge in [0.15, 0.2) is 11.5 Å². The largest absolute Gasteiger partial charge is 0.493 e. The van der Waals surface area contributed by atoms with Gasteiger partial charge in [0.2, 0.25) is 0 Å². The van der Waals surface area contributed by atoms with Crippen molar-refractivity contribution < 1.29 is 23.7 Å². The van der Waals surface area contributed by atoms with Gasteiger partial charge in [-0.1, -0.05) is 37.3 Å². The number of hydrogen-bond donors (Lipinski definition) is 1. The van der Waals surface area contributed by atoms with Gasteiger partial charge in [0, 0.05) is 18.7 Å². The molecule has 166 valence electrons. The molecule has 0 saturated heterocycles. The van der Waals surface area contributed by atoms with Crippen LogP contribution in [0.4, 0.5) is 0 Å². The number of benzene rings is 2. The van der Waals surface area contributed by atoms with Gasteiger partial charge >= 0.3 is 0 Å². The number of rotatable bonds is 13. The Labute approximate surface area is 184 Å². The lowest BCUT2D eigenvalue weighted by atomic mass is 10.1. The molecule has 0 aliphatic rings. The summed E-state index contributed by atoms with van der Waals surface area (Å²) in [5.74, 6) is 2.96. The normalized spacial score (nSPS) is 12.0. The number of aliphatic hydroxyl groups is 1. The molecule has 0 aliphatic carbocycles. The zero-order valence-electron chi connectivity index (χ0n) is 18.2. The van der Waals surface area contributed by atoms with Crippen molar-refractivity contribution in [3.8, 4) is 17.2 Å². The minimum absolute atomic E-state index is 0.156. The SMILES string of the molecule is CCCOc1ccccc1CN(Cc1ccco1)CC(O)COc1ccccc1OC. The van der Waals surface area contributed by atoms with Crippen LogP contribution in [-0.2, 0) is 13.1 Å². The molecule has 0 amide bonds. The first kappa shape index (κ1) is 22.7. The van der Waals surface area contributed by atoms with Crippen LogP contribution in [0.3, 0.4) is 0 Å². The van der Waals surface area contributed by atoms with Crippen LogP contribution >= 0.6 is 0 Å². The highest BCUT2D eigenvalue weighted by atomic mass is 16.5. The van der Waals surface area contributed by atoms with Crippen LogP contribution in [0.15, 0.2) is 71.3 Å². The number of furan rings is 1. The Hall–Kier alpha value is -2.96. The molecule has 0 radical (unpaired) electrons. The molecule has 0 fully saturated rings. The molecule has 0 spiro atoms. The molecular formula is C25H31NO5. The first-order chi connectivity index (χ1) is 15.2. The van der Waals surface area contributed by atoms with E-state index in [1.165, 1.54) is 0 Å². The quantitative estimate of drug-likeness (QED) is 0.434. The Morgan fingerprint density at radius 2 is 1.65 bits per heavy atom. The number of methoxy groups -OCH3 is 1. The number of para-hydroxylation sites is 3. The summed E-state index contributed by atoms with van der Waals surface area (Å²) in [6.07, 6.45) is 1.92. The van der Waals surface area contributed by atoms with Gasteiger partial charge in [0.1, 0.15) is 24.2 Å². The summed E-state index contributed by atoms with van der Waals surface area (Å²) in [7, 11) is 1.60. The van der Waals surface area contributed by atoms with Crippen LogP contribution in [0.25, 0.3) is 0 Å². The zero-order chi connectivity index (χ0) is 21.9. The lowest BCUT2D eigenvalue weighted by Crippen LogP contribution is -2.35. The summed E-state index contributed by atoms with van der Waals surface area (Å²) in [5, 5.41) is 10.7. The predicted octanol–water partition coefficient (Wildman–Crippen LogP) is 4.52. The highest BCUT2D eigenvalue weighted by Gasteiger charge is 2.17. The van der Waals surface area contributed by atoms with Crippen LogP contribution in [-0.4, -0.2) is 43.0 Å². The van der Waals surface area contributed by atoms with Crippen LogP contribution in [0.2, 0.25) is 0 Å². The van der Waals surface area contributed by atoms with Gasteiger partial charge in [-0.3, -0.25) is 4.90 Å². The van der Waals surface area contributed by atoms with E-state index in [-0.39, 0.29) is 6.61 Å². The molecule has 3 rings (SSSR count). The molecule has 1 aromatic heterocycles. The Bertz CT molecular complexity index is 896. The second-order valence-corrected chi connectivity index (χ2v) is 7.32. The summed E-state index contributed by atoms with van der Waals surface area (Å²) in [6, 6.07) is 19.2. The van der Waals surface area contributed by atoms with Crippen molar-refractivity contribution in [2.45, 2.75) is 32.5 Å². The second kappa shape index (κ2) is 12.0. The molecule has 6 nitrogen and oxygen atoms in total. The molecule has 31 heavy (non-hydrogen) atoms. The van der Waals surface area contributed by atoms with E-state index >= 15 is 0 Å². The highest BCUT2D eigenvalue weighted by Crippen LogP contribution is 2.26. The van der Waals surface area contributed by atoms with Crippen molar-refractivity contribution in [3.05, 3.63) is 78.3 Å². The van der Waals surface area contributed by atoms with E-state index in [2.05, 4.69) is 17.9 Å². The lowest BCUT2D eigenvalue weighted by Gasteiger charge is -2.25. The number of nitrogens with zero attached hydrogens (tertiary/aromatic N) is 1. The van der Waals surface area contributed by atoms with E-state index < -0.39 is 6.10 Å². The summed E-state index contributed by atoms with van der Waals surface area (Å²) >= 11 is 0. The van der Waals surface area contributed by atoms with E-state index in [9.17, 15) is 5.11 Å². The first-order valence-corrected chi connectivity index (χ1v) is 10.6. The Morgan fingerprint density at radius 3 is 2.35 bits per heavy atom. The van der Waals surface area contributed by atoms with Crippen molar-refractivity contribution in [2.75, 3.05) is 26.9 Å². The molecule has 6 heteroatoms. The van der Waals surface area contributed by atoms with Crippen LogP contribution in [0.1, 0.15) is 24.7 Å². The topological polar surface area (TPSA) is 64.3 Å². The van der Waals surface area contributed by atoms with E-state index in [4.69, 9.17) is 18.6 Å². The minimum atomic E-state index is -0.691. The highest BCUT2D eigenvalue weighted by molar-refractivity contribution is 5.39. The van der Waals surface area contributed by atoms with Crippen LogP contribution in [0.5, 0.6) is 17.2 Å². The van der Waals surface area contributed by atoms with Crippen LogP contribution in [0, 0.1) is 0 Å². The van der Waals surface area contributed by atoms with Crippen molar-refractivity contribution >= 4 is 0 Å². The summed E-state index contributed by atoms with van der Waals surface area (Å²) in [4.78, 5) is 2.13. The van der Waals surface area contributed by atoms with Crippen LogP contribution < -0.4 is 14.2 Å². The minimum Gasteiger partial charge on any atom is -0.493 e. The molecule has 0 aliphatic heterocycles. The summed E-state index contributed by atoms with van der Waals surface area (Å²) < 4.78 is 22.6. The Kier molecular flexibility index (Phi) is 8.82. The van der Waals surface area contributed by atoms with E-state index in [1.807, 2.05) is 54.6 Å². The number of ether oxygens (including phenoxy) is 3. The fourth-order valence-corrected chi connectivity index (χ4v) is 3.31. The molecule has 0 bridgehead atoms. The third-order valence-electron chi connectivity index (χ3n) is 4.76. The maximum Gasteiger partial charge on any atom is 0.161 e. The molecule has 0 saturated carbocycles. The molecule has 3 aromatic rings. The number of hydrogen-bond acceptors (Lipinski definition) is 6. The standard InChI is InChI=1S/C25H31NO5/c1-3-14-30-23-11-5-4-9-20(23)16-26(18-22-10-8-15-29-22)17-21(27)19-31-25-13-7-6-12-24(25)28-2/h4-13,15,21,27H,3,14,16-19H2,1-2H3. The van der Waals surface area contributed by atoms with Crippen molar-refractivity contribution in [2.24, 2.45) is 0 Å². The Balaban J connectivity index is 1.66. The van der Waals surface area contributed by atoms with Gasteiger partial charge in [-0.2, -0.15) is 0 Å². The van der Waals surface area contributed by atoms with E-state index in [1.54, 1.807) is 13.4 Å². The molecule has 1 atom stereocenters. The lowest BCUT2D eigenvalue weighted by molar-refractivity contribution is 0.0592. The van der Waals surface area contributed by atoms with Gasteiger partial charge in [0.25, 0.3) is 0 Å². The van der Waals surface area contributed by atoms with Gasteiger partial charge < -0.3 is 23.7 Å². The molecule has 1 N–H and O–H groups in total.